The van der Waals surface area contributed by atoms with Crippen molar-refractivity contribution in [1.82, 2.24) is 0 Å². The molecule has 114 valence electrons. The number of rotatable bonds is 4. The van der Waals surface area contributed by atoms with Crippen LogP contribution in [0.3, 0.4) is 0 Å². The molecule has 1 aliphatic carbocycles. The molecule has 1 saturated carbocycles. The van der Waals surface area contributed by atoms with Gasteiger partial charge in [0.05, 0.1) is 12.3 Å². The highest BCUT2D eigenvalue weighted by Gasteiger charge is 2.23. The fourth-order valence-corrected chi connectivity index (χ4v) is 1.75. The van der Waals surface area contributed by atoms with Crippen LogP contribution in [0, 0.1) is 17.2 Å². The third-order valence-electron chi connectivity index (χ3n) is 3.42. The molecule has 1 aromatic rings. The van der Waals surface area contributed by atoms with Gasteiger partial charge in [0, 0.05) is 11.0 Å². The van der Waals surface area contributed by atoms with Gasteiger partial charge in [-0.3, -0.25) is 4.79 Å². The summed E-state index contributed by atoms with van der Waals surface area (Å²) in [5, 5.41) is 0. The molecule has 0 N–H and O–H groups in total. The van der Waals surface area contributed by atoms with E-state index in [-0.39, 0.29) is 5.91 Å². The number of aliphatic imine (C=N–C) groups is 1. The van der Waals surface area contributed by atoms with Crippen LogP contribution < -0.4 is 4.74 Å². The summed E-state index contributed by atoms with van der Waals surface area (Å²) in [5.74, 6) is 0.604. The van der Waals surface area contributed by atoms with E-state index in [2.05, 4.69) is 4.99 Å². The molecule has 1 fully saturated rings. The zero-order valence-corrected chi connectivity index (χ0v) is 13.1. The van der Waals surface area contributed by atoms with Gasteiger partial charge in [-0.15, -0.1) is 0 Å². The second kappa shape index (κ2) is 5.96. The summed E-state index contributed by atoms with van der Waals surface area (Å²) in [4.78, 5) is 15.9. The standard InChI is InChI=1S/C17H22FNO2/c1-11(19-16(20)17(2,3)4)14-9-13(7-8-15(14)18)21-10-12-5-6-12/h7-9,12H,5-6,10H2,1-4H3/b19-11+. The lowest BCUT2D eigenvalue weighted by molar-refractivity contribution is -0.124. The van der Waals surface area contributed by atoms with E-state index in [4.69, 9.17) is 4.74 Å². The molecule has 2 rings (SSSR count). The van der Waals surface area contributed by atoms with Crippen LogP contribution in [0.25, 0.3) is 0 Å². The summed E-state index contributed by atoms with van der Waals surface area (Å²) >= 11 is 0. The second-order valence-corrected chi connectivity index (χ2v) is 6.65. The van der Waals surface area contributed by atoms with E-state index in [0.29, 0.717) is 29.5 Å². The number of hydrogen-bond donors (Lipinski definition) is 0. The predicted molar refractivity (Wildman–Crippen MR) is 81.3 cm³/mol. The summed E-state index contributed by atoms with van der Waals surface area (Å²) in [5.41, 5.74) is 0.128. The molecule has 0 saturated heterocycles. The minimum atomic E-state index is -0.572. The number of amides is 1. The molecule has 1 amide bonds. The normalized spacial score (nSPS) is 16.0. The van der Waals surface area contributed by atoms with Gasteiger partial charge in [0.25, 0.3) is 5.91 Å². The van der Waals surface area contributed by atoms with Gasteiger partial charge >= 0.3 is 0 Å². The van der Waals surface area contributed by atoms with Gasteiger partial charge in [-0.1, -0.05) is 20.8 Å². The van der Waals surface area contributed by atoms with Crippen molar-refractivity contribution in [1.29, 1.82) is 0 Å². The molecular weight excluding hydrogens is 269 g/mol. The predicted octanol–water partition coefficient (Wildman–Crippen LogP) is 4.00. The highest BCUT2D eigenvalue weighted by molar-refractivity contribution is 6.06. The second-order valence-electron chi connectivity index (χ2n) is 6.65. The maximum atomic E-state index is 13.9. The first-order valence-corrected chi connectivity index (χ1v) is 7.30. The third kappa shape index (κ3) is 4.38. The fraction of sp³-hybridized carbons (Fsp3) is 0.529. The Kier molecular flexibility index (Phi) is 4.45. The average molecular weight is 291 g/mol. The maximum absolute atomic E-state index is 13.9. The lowest BCUT2D eigenvalue weighted by atomic mass is 9.96. The Balaban J connectivity index is 2.18. The number of ether oxygens (including phenoxy) is 1. The largest absolute Gasteiger partial charge is 0.493 e. The van der Waals surface area contributed by atoms with Gasteiger partial charge in [-0.05, 0) is 43.9 Å². The molecule has 4 heteroatoms. The molecule has 0 radical (unpaired) electrons. The monoisotopic (exact) mass is 291 g/mol. The summed E-state index contributed by atoms with van der Waals surface area (Å²) in [6, 6.07) is 4.59. The van der Waals surface area contributed by atoms with Gasteiger partial charge < -0.3 is 4.74 Å². The van der Waals surface area contributed by atoms with Crippen molar-refractivity contribution in [3.63, 3.8) is 0 Å². The van der Waals surface area contributed by atoms with Crippen molar-refractivity contribution in [2.45, 2.75) is 40.5 Å². The Morgan fingerprint density at radius 3 is 2.62 bits per heavy atom. The molecule has 21 heavy (non-hydrogen) atoms. The Morgan fingerprint density at radius 1 is 1.38 bits per heavy atom. The average Bonchev–Trinajstić information content (AvgIpc) is 3.20. The third-order valence-corrected chi connectivity index (χ3v) is 3.42. The van der Waals surface area contributed by atoms with Crippen molar-refractivity contribution in [2.24, 2.45) is 16.3 Å². The van der Waals surface area contributed by atoms with Gasteiger partial charge in [-0.2, -0.15) is 0 Å². The lowest BCUT2D eigenvalue weighted by Crippen LogP contribution is -2.19. The van der Waals surface area contributed by atoms with E-state index >= 15 is 0 Å². The number of carbonyl (C=O) groups excluding carboxylic acids is 1. The van der Waals surface area contributed by atoms with E-state index < -0.39 is 11.2 Å². The molecule has 0 bridgehead atoms. The van der Waals surface area contributed by atoms with Crippen LogP contribution in [0.15, 0.2) is 23.2 Å². The van der Waals surface area contributed by atoms with Gasteiger partial charge in [-0.25, -0.2) is 9.38 Å². The highest BCUT2D eigenvalue weighted by atomic mass is 19.1. The van der Waals surface area contributed by atoms with E-state index in [0.717, 1.165) is 0 Å². The summed E-state index contributed by atoms with van der Waals surface area (Å²) in [6.07, 6.45) is 2.41. The number of nitrogens with zero attached hydrogens (tertiary/aromatic N) is 1. The zero-order valence-electron chi connectivity index (χ0n) is 13.1. The Hall–Kier alpha value is -1.71. The first-order chi connectivity index (χ1) is 9.77. The van der Waals surface area contributed by atoms with Crippen molar-refractivity contribution >= 4 is 11.6 Å². The van der Waals surface area contributed by atoms with Crippen LogP contribution in [0.5, 0.6) is 5.75 Å². The van der Waals surface area contributed by atoms with E-state index in [1.807, 2.05) is 0 Å². The van der Waals surface area contributed by atoms with Crippen LogP contribution in [-0.4, -0.2) is 18.2 Å². The van der Waals surface area contributed by atoms with Crippen molar-refractivity contribution in [2.75, 3.05) is 6.61 Å². The highest BCUT2D eigenvalue weighted by Crippen LogP contribution is 2.30. The van der Waals surface area contributed by atoms with Gasteiger partial charge in [0.15, 0.2) is 0 Å². The SMILES string of the molecule is C/C(=N\C(=O)C(C)(C)C)c1cc(OCC2CC2)ccc1F. The number of benzene rings is 1. The Morgan fingerprint density at radius 2 is 2.05 bits per heavy atom. The summed E-state index contributed by atoms with van der Waals surface area (Å²) in [7, 11) is 0. The molecule has 0 atom stereocenters. The molecule has 0 spiro atoms. The van der Waals surface area contributed by atoms with Gasteiger partial charge in [0.2, 0.25) is 0 Å². The topological polar surface area (TPSA) is 38.7 Å². The first-order valence-electron chi connectivity index (χ1n) is 7.30. The molecule has 0 heterocycles. The molecular formula is C17H22FNO2. The number of carbonyl (C=O) groups is 1. The van der Waals surface area contributed by atoms with Crippen LogP contribution in [-0.2, 0) is 4.79 Å². The van der Waals surface area contributed by atoms with E-state index in [1.165, 1.54) is 18.9 Å². The minimum Gasteiger partial charge on any atom is -0.493 e. The fourth-order valence-electron chi connectivity index (χ4n) is 1.75. The Bertz CT molecular complexity index is 569. The van der Waals surface area contributed by atoms with Crippen LogP contribution in [0.1, 0.15) is 46.1 Å². The summed E-state index contributed by atoms with van der Waals surface area (Å²) in [6.45, 7) is 7.68. The van der Waals surface area contributed by atoms with E-state index in [1.54, 1.807) is 39.8 Å². The smallest absolute Gasteiger partial charge is 0.251 e. The van der Waals surface area contributed by atoms with Crippen LogP contribution >= 0.6 is 0 Å². The molecule has 0 unspecified atom stereocenters. The van der Waals surface area contributed by atoms with Crippen LogP contribution in [0.2, 0.25) is 0 Å². The molecule has 0 aromatic heterocycles. The minimum absolute atomic E-state index is 0.260. The Labute approximate surface area is 125 Å². The molecule has 1 aromatic carbocycles. The van der Waals surface area contributed by atoms with Gasteiger partial charge in [0.1, 0.15) is 11.6 Å². The first kappa shape index (κ1) is 15.7. The zero-order chi connectivity index (χ0) is 15.6. The number of halogens is 1. The molecule has 0 aliphatic heterocycles. The van der Waals surface area contributed by atoms with E-state index in [9.17, 15) is 9.18 Å². The van der Waals surface area contributed by atoms with Crippen molar-refractivity contribution < 1.29 is 13.9 Å². The summed E-state index contributed by atoms with van der Waals surface area (Å²) < 4.78 is 19.6. The quantitative estimate of drug-likeness (QED) is 0.787. The van der Waals surface area contributed by atoms with Crippen molar-refractivity contribution in [3.05, 3.63) is 29.6 Å². The van der Waals surface area contributed by atoms with Crippen LogP contribution in [0.4, 0.5) is 4.39 Å². The molecule has 3 nitrogen and oxygen atoms in total. The number of hydrogen-bond acceptors (Lipinski definition) is 2. The lowest BCUT2D eigenvalue weighted by Gasteiger charge is -2.14. The van der Waals surface area contributed by atoms with Crippen molar-refractivity contribution in [3.8, 4) is 5.75 Å². The maximum Gasteiger partial charge on any atom is 0.251 e. The molecule has 1 aliphatic rings.